The lowest BCUT2D eigenvalue weighted by Gasteiger charge is -2.19. The standard InChI is InChI=1S/C10H19N5/c1-4-15(5-2)10(11)12-8-9-6-7-13-14(9)3/h6-7H,4-5,8H2,1-3H3,(H2,11,12). The smallest absolute Gasteiger partial charge is 0.191 e. The van der Waals surface area contributed by atoms with Crippen LogP contribution in [0.15, 0.2) is 17.3 Å². The van der Waals surface area contributed by atoms with E-state index >= 15 is 0 Å². The monoisotopic (exact) mass is 209 g/mol. The Morgan fingerprint density at radius 3 is 2.67 bits per heavy atom. The molecule has 0 fully saturated rings. The summed E-state index contributed by atoms with van der Waals surface area (Å²) in [6.45, 7) is 6.49. The van der Waals surface area contributed by atoms with Crippen LogP contribution in [-0.4, -0.2) is 33.7 Å². The third-order valence-electron chi connectivity index (χ3n) is 2.41. The van der Waals surface area contributed by atoms with E-state index in [0.717, 1.165) is 18.8 Å². The van der Waals surface area contributed by atoms with Crippen LogP contribution in [0.3, 0.4) is 0 Å². The van der Waals surface area contributed by atoms with Crippen LogP contribution in [-0.2, 0) is 13.6 Å². The summed E-state index contributed by atoms with van der Waals surface area (Å²) < 4.78 is 1.80. The van der Waals surface area contributed by atoms with Gasteiger partial charge in [-0.1, -0.05) is 0 Å². The van der Waals surface area contributed by atoms with Gasteiger partial charge < -0.3 is 10.6 Å². The average molecular weight is 209 g/mol. The van der Waals surface area contributed by atoms with E-state index in [1.54, 1.807) is 10.9 Å². The summed E-state index contributed by atoms with van der Waals surface area (Å²) in [7, 11) is 1.90. The van der Waals surface area contributed by atoms with Gasteiger partial charge in [-0.25, -0.2) is 4.99 Å². The van der Waals surface area contributed by atoms with Crippen molar-refractivity contribution in [3.63, 3.8) is 0 Å². The molecule has 1 aromatic heterocycles. The summed E-state index contributed by atoms with van der Waals surface area (Å²) in [6, 6.07) is 1.94. The Balaban J connectivity index is 2.61. The molecule has 0 amide bonds. The first-order valence-corrected chi connectivity index (χ1v) is 5.20. The Bertz CT molecular complexity index is 324. The molecule has 0 saturated carbocycles. The second-order valence-electron chi connectivity index (χ2n) is 3.29. The fourth-order valence-electron chi connectivity index (χ4n) is 1.37. The number of nitrogens with two attached hydrogens (primary N) is 1. The van der Waals surface area contributed by atoms with Crippen molar-refractivity contribution in [2.24, 2.45) is 17.8 Å². The molecule has 0 aliphatic heterocycles. The number of aromatic nitrogens is 2. The molecule has 0 spiro atoms. The van der Waals surface area contributed by atoms with Crippen molar-refractivity contribution in [2.75, 3.05) is 13.1 Å². The fraction of sp³-hybridized carbons (Fsp3) is 0.600. The first kappa shape index (κ1) is 11.6. The molecular formula is C10H19N5. The summed E-state index contributed by atoms with van der Waals surface area (Å²) in [5, 5.41) is 4.07. The zero-order valence-corrected chi connectivity index (χ0v) is 9.64. The molecule has 1 rings (SSSR count). The molecule has 2 N–H and O–H groups in total. The zero-order valence-electron chi connectivity index (χ0n) is 9.64. The number of hydrogen-bond acceptors (Lipinski definition) is 2. The number of aliphatic imine (C=N–C) groups is 1. The number of nitrogens with zero attached hydrogens (tertiary/aromatic N) is 4. The molecule has 0 radical (unpaired) electrons. The van der Waals surface area contributed by atoms with Gasteiger partial charge in [0.05, 0.1) is 12.2 Å². The predicted octanol–water partition coefficient (Wildman–Crippen LogP) is 0.577. The highest BCUT2D eigenvalue weighted by atomic mass is 15.3. The molecule has 0 unspecified atom stereocenters. The maximum absolute atomic E-state index is 5.85. The van der Waals surface area contributed by atoms with Crippen molar-refractivity contribution in [1.29, 1.82) is 0 Å². The van der Waals surface area contributed by atoms with Crippen LogP contribution < -0.4 is 5.73 Å². The molecular weight excluding hydrogens is 190 g/mol. The van der Waals surface area contributed by atoms with Gasteiger partial charge in [-0.15, -0.1) is 0 Å². The van der Waals surface area contributed by atoms with Crippen molar-refractivity contribution >= 4 is 5.96 Å². The van der Waals surface area contributed by atoms with Crippen molar-refractivity contribution in [3.8, 4) is 0 Å². The molecule has 0 aliphatic carbocycles. The van der Waals surface area contributed by atoms with Crippen molar-refractivity contribution in [2.45, 2.75) is 20.4 Å². The average Bonchev–Trinajstić information content (AvgIpc) is 2.63. The van der Waals surface area contributed by atoms with E-state index in [2.05, 4.69) is 23.9 Å². The van der Waals surface area contributed by atoms with Crippen LogP contribution in [0.5, 0.6) is 0 Å². The van der Waals surface area contributed by atoms with Gasteiger partial charge in [0, 0.05) is 26.3 Å². The van der Waals surface area contributed by atoms with Gasteiger partial charge in [0.25, 0.3) is 0 Å². The van der Waals surface area contributed by atoms with Crippen molar-refractivity contribution < 1.29 is 0 Å². The minimum absolute atomic E-state index is 0.582. The van der Waals surface area contributed by atoms with E-state index in [1.807, 2.05) is 18.0 Å². The molecule has 0 atom stereocenters. The minimum Gasteiger partial charge on any atom is -0.370 e. The van der Waals surface area contributed by atoms with Crippen LogP contribution in [0, 0.1) is 0 Å². The maximum Gasteiger partial charge on any atom is 0.191 e. The van der Waals surface area contributed by atoms with Gasteiger partial charge in [-0.3, -0.25) is 4.68 Å². The van der Waals surface area contributed by atoms with E-state index in [1.165, 1.54) is 0 Å². The lowest BCUT2D eigenvalue weighted by molar-refractivity contribution is 0.457. The first-order chi connectivity index (χ1) is 7.19. The molecule has 5 nitrogen and oxygen atoms in total. The third kappa shape index (κ3) is 2.97. The van der Waals surface area contributed by atoms with E-state index in [-0.39, 0.29) is 0 Å². The zero-order chi connectivity index (χ0) is 11.3. The van der Waals surface area contributed by atoms with Gasteiger partial charge in [-0.05, 0) is 19.9 Å². The topological polar surface area (TPSA) is 59.4 Å². The van der Waals surface area contributed by atoms with Crippen LogP contribution in [0.2, 0.25) is 0 Å². The molecule has 84 valence electrons. The lowest BCUT2D eigenvalue weighted by Crippen LogP contribution is -2.37. The normalized spacial score (nSPS) is 11.8. The molecule has 1 heterocycles. The van der Waals surface area contributed by atoms with E-state index in [0.29, 0.717) is 12.5 Å². The van der Waals surface area contributed by atoms with Crippen LogP contribution in [0.25, 0.3) is 0 Å². The molecule has 0 aromatic carbocycles. The molecule has 1 aromatic rings. The third-order valence-corrected chi connectivity index (χ3v) is 2.41. The van der Waals surface area contributed by atoms with Crippen LogP contribution in [0.1, 0.15) is 19.5 Å². The highest BCUT2D eigenvalue weighted by molar-refractivity contribution is 5.77. The highest BCUT2D eigenvalue weighted by Crippen LogP contribution is 1.99. The number of guanidine groups is 1. The second-order valence-corrected chi connectivity index (χ2v) is 3.29. The van der Waals surface area contributed by atoms with Gasteiger partial charge in [0.1, 0.15) is 0 Å². The summed E-state index contributed by atoms with van der Waals surface area (Å²) in [5.74, 6) is 0.598. The van der Waals surface area contributed by atoms with E-state index in [4.69, 9.17) is 5.73 Å². The van der Waals surface area contributed by atoms with E-state index < -0.39 is 0 Å². The van der Waals surface area contributed by atoms with Gasteiger partial charge in [0.15, 0.2) is 5.96 Å². The van der Waals surface area contributed by atoms with Crippen LogP contribution in [0.4, 0.5) is 0 Å². The number of aryl methyl sites for hydroxylation is 1. The van der Waals surface area contributed by atoms with Gasteiger partial charge >= 0.3 is 0 Å². The summed E-state index contributed by atoms with van der Waals surface area (Å²) in [6.07, 6.45) is 1.76. The van der Waals surface area contributed by atoms with Gasteiger partial charge in [-0.2, -0.15) is 5.10 Å². The lowest BCUT2D eigenvalue weighted by atomic mass is 10.4. The molecule has 0 saturated heterocycles. The molecule has 5 heteroatoms. The quantitative estimate of drug-likeness (QED) is 0.583. The SMILES string of the molecule is CCN(CC)C(N)=NCc1ccnn1C. The largest absolute Gasteiger partial charge is 0.370 e. The Morgan fingerprint density at radius 1 is 1.53 bits per heavy atom. The van der Waals surface area contributed by atoms with Crippen LogP contribution >= 0.6 is 0 Å². The van der Waals surface area contributed by atoms with Crippen molar-refractivity contribution in [3.05, 3.63) is 18.0 Å². The highest BCUT2D eigenvalue weighted by Gasteiger charge is 2.02. The Hall–Kier alpha value is -1.52. The summed E-state index contributed by atoms with van der Waals surface area (Å²) >= 11 is 0. The molecule has 0 aliphatic rings. The molecule has 0 bridgehead atoms. The number of rotatable bonds is 4. The maximum atomic E-state index is 5.85. The Morgan fingerprint density at radius 2 is 2.20 bits per heavy atom. The minimum atomic E-state index is 0.582. The summed E-state index contributed by atoms with van der Waals surface area (Å²) in [4.78, 5) is 6.35. The Labute approximate surface area is 90.6 Å². The first-order valence-electron chi connectivity index (χ1n) is 5.20. The van der Waals surface area contributed by atoms with Crippen molar-refractivity contribution in [1.82, 2.24) is 14.7 Å². The second kappa shape index (κ2) is 5.38. The predicted molar refractivity (Wildman–Crippen MR) is 61.5 cm³/mol. The van der Waals surface area contributed by atoms with Gasteiger partial charge in [0.2, 0.25) is 0 Å². The Kier molecular flexibility index (Phi) is 4.15. The number of hydrogen-bond donors (Lipinski definition) is 1. The molecule has 15 heavy (non-hydrogen) atoms. The fourth-order valence-corrected chi connectivity index (χ4v) is 1.37. The van der Waals surface area contributed by atoms with E-state index in [9.17, 15) is 0 Å². The summed E-state index contributed by atoms with van der Waals surface area (Å²) in [5.41, 5.74) is 6.91.